The SMILES string of the molecule is Cc1ccc(S(=O)(=O)N(CC(=O)N(Cc2cccc(Cl)c2)C(C)C(=O)NC2CCCC2)c2cccc(Cl)c2C)cc1. The number of halogens is 2. The highest BCUT2D eigenvalue weighted by Crippen LogP contribution is 2.31. The number of benzene rings is 3. The van der Waals surface area contributed by atoms with Gasteiger partial charge < -0.3 is 10.2 Å². The summed E-state index contributed by atoms with van der Waals surface area (Å²) in [5.41, 5.74) is 2.43. The van der Waals surface area contributed by atoms with Gasteiger partial charge in [0.15, 0.2) is 0 Å². The molecule has 1 unspecified atom stereocenters. The number of hydrogen-bond acceptors (Lipinski definition) is 4. The Morgan fingerprint density at radius 1 is 0.976 bits per heavy atom. The van der Waals surface area contributed by atoms with Gasteiger partial charge >= 0.3 is 0 Å². The van der Waals surface area contributed by atoms with E-state index in [0.29, 0.717) is 15.6 Å². The number of carbonyl (C=O) groups is 2. The Balaban J connectivity index is 1.72. The molecule has 1 atom stereocenters. The van der Waals surface area contributed by atoms with E-state index < -0.39 is 28.5 Å². The zero-order valence-electron chi connectivity index (χ0n) is 23.4. The summed E-state index contributed by atoms with van der Waals surface area (Å²) >= 11 is 12.6. The first-order valence-corrected chi connectivity index (χ1v) is 15.9. The van der Waals surface area contributed by atoms with Gasteiger partial charge in [0, 0.05) is 22.6 Å². The molecule has 10 heteroatoms. The van der Waals surface area contributed by atoms with Gasteiger partial charge in [-0.1, -0.05) is 71.9 Å². The van der Waals surface area contributed by atoms with Crippen LogP contribution in [-0.2, 0) is 26.2 Å². The van der Waals surface area contributed by atoms with Crippen molar-refractivity contribution in [2.75, 3.05) is 10.8 Å². The Hall–Kier alpha value is -3.07. The molecule has 2 amide bonds. The molecule has 0 saturated heterocycles. The first kappa shape index (κ1) is 30.9. The van der Waals surface area contributed by atoms with Crippen LogP contribution in [0.4, 0.5) is 5.69 Å². The van der Waals surface area contributed by atoms with Crippen molar-refractivity contribution in [3.8, 4) is 0 Å². The van der Waals surface area contributed by atoms with E-state index in [-0.39, 0.29) is 29.1 Å². The molecule has 0 heterocycles. The third-order valence-corrected chi connectivity index (χ3v) is 9.92. The number of nitrogens with zero attached hydrogens (tertiary/aromatic N) is 2. The minimum Gasteiger partial charge on any atom is -0.352 e. The highest BCUT2D eigenvalue weighted by atomic mass is 35.5. The van der Waals surface area contributed by atoms with Crippen LogP contribution >= 0.6 is 23.2 Å². The molecule has 218 valence electrons. The van der Waals surface area contributed by atoms with Crippen LogP contribution in [0.25, 0.3) is 0 Å². The number of anilines is 1. The lowest BCUT2D eigenvalue weighted by molar-refractivity contribution is -0.139. The number of aryl methyl sites for hydroxylation is 1. The molecule has 0 aliphatic heterocycles. The average molecular weight is 617 g/mol. The smallest absolute Gasteiger partial charge is 0.264 e. The Bertz CT molecular complexity index is 1510. The van der Waals surface area contributed by atoms with Crippen LogP contribution in [-0.4, -0.2) is 43.8 Å². The molecule has 4 rings (SSSR count). The Labute approximate surface area is 252 Å². The minimum atomic E-state index is -4.18. The standard InChI is InChI=1S/C31H35Cl2N3O4S/c1-21-14-16-27(17-15-21)41(39,40)36(29-13-7-12-28(33)22(29)2)20-30(37)35(19-24-8-6-9-25(32)18-24)23(3)31(38)34-26-10-4-5-11-26/h6-9,12-18,23,26H,4-5,10-11,19-20H2,1-3H3,(H,34,38). The maximum Gasteiger partial charge on any atom is 0.264 e. The van der Waals surface area contributed by atoms with Crippen molar-refractivity contribution < 1.29 is 18.0 Å². The van der Waals surface area contributed by atoms with Gasteiger partial charge in [-0.3, -0.25) is 13.9 Å². The van der Waals surface area contributed by atoms with Gasteiger partial charge in [-0.05, 0) is 81.1 Å². The van der Waals surface area contributed by atoms with Crippen LogP contribution in [0.1, 0.15) is 49.3 Å². The van der Waals surface area contributed by atoms with Crippen molar-refractivity contribution in [2.45, 2.75) is 70.0 Å². The molecule has 7 nitrogen and oxygen atoms in total. The summed E-state index contributed by atoms with van der Waals surface area (Å²) in [5, 5.41) is 3.94. The maximum atomic E-state index is 14.1. The van der Waals surface area contributed by atoms with E-state index >= 15 is 0 Å². The molecule has 41 heavy (non-hydrogen) atoms. The second-order valence-electron chi connectivity index (χ2n) is 10.5. The van der Waals surface area contributed by atoms with Crippen molar-refractivity contribution in [2.24, 2.45) is 0 Å². The highest BCUT2D eigenvalue weighted by molar-refractivity contribution is 7.92. The Morgan fingerprint density at radius 3 is 2.29 bits per heavy atom. The summed E-state index contributed by atoms with van der Waals surface area (Å²) < 4.78 is 29.1. The van der Waals surface area contributed by atoms with Crippen molar-refractivity contribution in [3.05, 3.63) is 93.5 Å². The number of carbonyl (C=O) groups excluding carboxylic acids is 2. The van der Waals surface area contributed by atoms with Crippen molar-refractivity contribution in [1.29, 1.82) is 0 Å². The molecular formula is C31H35Cl2N3O4S. The Morgan fingerprint density at radius 2 is 1.63 bits per heavy atom. The molecule has 1 aliphatic carbocycles. The molecule has 0 radical (unpaired) electrons. The summed E-state index contributed by atoms with van der Waals surface area (Å²) in [4.78, 5) is 28.9. The number of nitrogens with one attached hydrogen (secondary N) is 1. The summed E-state index contributed by atoms with van der Waals surface area (Å²) in [7, 11) is -4.18. The maximum absolute atomic E-state index is 14.1. The second kappa shape index (κ2) is 13.3. The van der Waals surface area contributed by atoms with Gasteiger partial charge in [0.2, 0.25) is 11.8 Å². The lowest BCUT2D eigenvalue weighted by Gasteiger charge is -2.33. The molecule has 1 N–H and O–H groups in total. The monoisotopic (exact) mass is 615 g/mol. The predicted octanol–water partition coefficient (Wildman–Crippen LogP) is 6.28. The minimum absolute atomic E-state index is 0.0451. The molecule has 1 aliphatic rings. The molecule has 1 fully saturated rings. The van der Waals surface area contributed by atoms with E-state index in [4.69, 9.17) is 23.2 Å². The van der Waals surface area contributed by atoms with Crippen LogP contribution in [0.2, 0.25) is 10.0 Å². The van der Waals surface area contributed by atoms with Crippen LogP contribution in [0.3, 0.4) is 0 Å². The molecule has 3 aromatic carbocycles. The van der Waals surface area contributed by atoms with Gasteiger partial charge in [-0.2, -0.15) is 0 Å². The molecule has 1 saturated carbocycles. The van der Waals surface area contributed by atoms with Crippen LogP contribution < -0.4 is 9.62 Å². The summed E-state index contributed by atoms with van der Waals surface area (Å²) in [6.07, 6.45) is 3.90. The largest absolute Gasteiger partial charge is 0.352 e. The number of rotatable bonds is 10. The lowest BCUT2D eigenvalue weighted by atomic mass is 10.1. The average Bonchev–Trinajstić information content (AvgIpc) is 3.45. The molecule has 0 bridgehead atoms. The van der Waals surface area contributed by atoms with E-state index in [0.717, 1.165) is 41.1 Å². The van der Waals surface area contributed by atoms with Crippen molar-refractivity contribution in [1.82, 2.24) is 10.2 Å². The zero-order chi connectivity index (χ0) is 29.7. The third kappa shape index (κ3) is 7.42. The highest BCUT2D eigenvalue weighted by Gasteiger charge is 2.34. The topological polar surface area (TPSA) is 86.8 Å². The molecule has 3 aromatic rings. The van der Waals surface area contributed by atoms with Gasteiger partial charge in [-0.15, -0.1) is 0 Å². The van der Waals surface area contributed by atoms with Crippen molar-refractivity contribution >= 4 is 50.7 Å². The lowest BCUT2D eigenvalue weighted by Crippen LogP contribution is -2.52. The normalized spacial score (nSPS) is 14.5. The van der Waals surface area contributed by atoms with Crippen molar-refractivity contribution in [3.63, 3.8) is 0 Å². The molecule has 0 aromatic heterocycles. The van der Waals surface area contributed by atoms with Gasteiger partial charge in [0.05, 0.1) is 10.6 Å². The fraction of sp³-hybridized carbons (Fsp3) is 0.355. The summed E-state index contributed by atoms with van der Waals surface area (Å²) in [6, 6.07) is 17.6. The first-order chi connectivity index (χ1) is 19.5. The molecule has 0 spiro atoms. The van der Waals surface area contributed by atoms with E-state index in [2.05, 4.69) is 5.32 Å². The summed E-state index contributed by atoms with van der Waals surface area (Å²) in [6.45, 7) is 4.78. The Kier molecular flexibility index (Phi) is 10.00. The number of sulfonamides is 1. The second-order valence-corrected chi connectivity index (χ2v) is 13.2. The quantitative estimate of drug-likeness (QED) is 0.291. The van der Waals surface area contributed by atoms with E-state index in [9.17, 15) is 18.0 Å². The molecular weight excluding hydrogens is 581 g/mol. The van der Waals surface area contributed by atoms with Gasteiger partial charge in [0.1, 0.15) is 12.6 Å². The van der Waals surface area contributed by atoms with Crippen LogP contribution in [0.5, 0.6) is 0 Å². The summed E-state index contributed by atoms with van der Waals surface area (Å²) in [5.74, 6) is -0.812. The van der Waals surface area contributed by atoms with Crippen LogP contribution in [0.15, 0.2) is 71.6 Å². The fourth-order valence-corrected chi connectivity index (χ4v) is 6.88. The number of hydrogen-bond donors (Lipinski definition) is 1. The fourth-order valence-electron chi connectivity index (χ4n) is 5.02. The number of amides is 2. The van der Waals surface area contributed by atoms with Crippen LogP contribution in [0, 0.1) is 13.8 Å². The first-order valence-electron chi connectivity index (χ1n) is 13.7. The van der Waals surface area contributed by atoms with E-state index in [1.807, 2.05) is 13.0 Å². The third-order valence-electron chi connectivity index (χ3n) is 7.51. The zero-order valence-corrected chi connectivity index (χ0v) is 25.8. The predicted molar refractivity (Wildman–Crippen MR) is 164 cm³/mol. The van der Waals surface area contributed by atoms with E-state index in [1.54, 1.807) is 62.4 Å². The van der Waals surface area contributed by atoms with E-state index in [1.165, 1.54) is 17.0 Å². The van der Waals surface area contributed by atoms with Gasteiger partial charge in [0.25, 0.3) is 10.0 Å². The van der Waals surface area contributed by atoms with Gasteiger partial charge in [-0.25, -0.2) is 8.42 Å².